The fraction of sp³-hybridized carbons (Fsp3) is 1.00. The van der Waals surface area contributed by atoms with E-state index >= 15 is 0 Å². The van der Waals surface area contributed by atoms with Gasteiger partial charge in [0.25, 0.3) is 0 Å². The molecule has 4 unspecified atom stereocenters. The highest BCUT2D eigenvalue weighted by molar-refractivity contribution is 4.80. The van der Waals surface area contributed by atoms with Gasteiger partial charge in [0.1, 0.15) is 0 Å². The number of hydrogen-bond donors (Lipinski definition) is 0. The molecule has 1 aliphatic rings. The third kappa shape index (κ3) is 5.92. The summed E-state index contributed by atoms with van der Waals surface area (Å²) >= 11 is 0. The largest absolute Gasteiger partial charge is 0.0656 e. The van der Waals surface area contributed by atoms with Crippen LogP contribution in [0.5, 0.6) is 0 Å². The quantitative estimate of drug-likeness (QED) is 0.561. The highest BCUT2D eigenvalue weighted by Gasteiger charge is 2.30. The van der Waals surface area contributed by atoms with Crippen LogP contribution in [0.25, 0.3) is 0 Å². The molecule has 0 heterocycles. The lowest BCUT2D eigenvalue weighted by atomic mass is 9.68. The second kappa shape index (κ2) is 8.14. The van der Waals surface area contributed by atoms with Gasteiger partial charge in [0.05, 0.1) is 0 Å². The first-order valence-corrected chi connectivity index (χ1v) is 7.42. The molecule has 0 radical (unpaired) electrons. The zero-order chi connectivity index (χ0) is 12.7. The van der Waals surface area contributed by atoms with Crippen molar-refractivity contribution in [3.05, 3.63) is 0 Å². The van der Waals surface area contributed by atoms with Gasteiger partial charge in [-0.05, 0) is 48.9 Å². The molecule has 0 heteroatoms. The van der Waals surface area contributed by atoms with Crippen molar-refractivity contribution in [3.63, 3.8) is 0 Å². The van der Waals surface area contributed by atoms with Crippen molar-refractivity contribution >= 4 is 0 Å². The average Bonchev–Trinajstić information content (AvgIpc) is 2.14. The normalized spacial score (nSPS) is 34.5. The maximum Gasteiger partial charge on any atom is -0.0383 e. The van der Waals surface area contributed by atoms with Crippen molar-refractivity contribution in [3.8, 4) is 0 Å². The monoisotopic (exact) mass is 226 g/mol. The Morgan fingerprint density at radius 2 is 1.31 bits per heavy atom. The SMILES string of the molecule is CC(C)CC1CC(C)C(C)CC1C.CCC. The van der Waals surface area contributed by atoms with Crippen LogP contribution in [-0.2, 0) is 0 Å². The molecule has 0 aromatic heterocycles. The van der Waals surface area contributed by atoms with E-state index in [0.717, 1.165) is 29.6 Å². The molecule has 1 fully saturated rings. The molecule has 98 valence electrons. The second-order valence-electron chi connectivity index (χ2n) is 6.50. The third-order valence-electron chi connectivity index (χ3n) is 3.97. The fourth-order valence-electron chi connectivity index (χ4n) is 2.89. The first-order chi connectivity index (χ1) is 7.42. The first kappa shape index (κ1) is 16.0. The smallest absolute Gasteiger partial charge is 0.0383 e. The van der Waals surface area contributed by atoms with Crippen molar-refractivity contribution < 1.29 is 0 Å². The molecular weight excluding hydrogens is 192 g/mol. The van der Waals surface area contributed by atoms with E-state index in [-0.39, 0.29) is 0 Å². The van der Waals surface area contributed by atoms with Gasteiger partial charge >= 0.3 is 0 Å². The molecule has 0 nitrogen and oxygen atoms in total. The van der Waals surface area contributed by atoms with E-state index in [0.29, 0.717) is 0 Å². The lowest BCUT2D eigenvalue weighted by molar-refractivity contribution is 0.127. The maximum atomic E-state index is 2.45. The molecule has 0 spiro atoms. The van der Waals surface area contributed by atoms with E-state index < -0.39 is 0 Å². The van der Waals surface area contributed by atoms with Gasteiger partial charge in [0, 0.05) is 0 Å². The highest BCUT2D eigenvalue weighted by Crippen LogP contribution is 2.40. The zero-order valence-electron chi connectivity index (χ0n) is 12.7. The van der Waals surface area contributed by atoms with Crippen LogP contribution in [0.4, 0.5) is 0 Å². The van der Waals surface area contributed by atoms with Crippen LogP contribution in [0.2, 0.25) is 0 Å². The Balaban J connectivity index is 0.000000673. The topological polar surface area (TPSA) is 0 Å². The van der Waals surface area contributed by atoms with Gasteiger partial charge in [-0.3, -0.25) is 0 Å². The highest BCUT2D eigenvalue weighted by atomic mass is 14.4. The molecule has 0 bridgehead atoms. The number of rotatable bonds is 2. The summed E-state index contributed by atoms with van der Waals surface area (Å²) in [7, 11) is 0. The lowest BCUT2D eigenvalue weighted by Gasteiger charge is -2.38. The Bertz CT molecular complexity index is 159. The van der Waals surface area contributed by atoms with Crippen LogP contribution < -0.4 is 0 Å². The van der Waals surface area contributed by atoms with E-state index in [4.69, 9.17) is 0 Å². The van der Waals surface area contributed by atoms with Gasteiger partial charge in [0.15, 0.2) is 0 Å². The predicted molar refractivity (Wildman–Crippen MR) is 75.6 cm³/mol. The molecular formula is C16H34. The van der Waals surface area contributed by atoms with Crippen LogP contribution >= 0.6 is 0 Å². The molecule has 0 N–H and O–H groups in total. The summed E-state index contributed by atoms with van der Waals surface area (Å²) in [6, 6.07) is 0. The molecule has 4 atom stereocenters. The first-order valence-electron chi connectivity index (χ1n) is 7.42. The van der Waals surface area contributed by atoms with Gasteiger partial charge in [-0.15, -0.1) is 0 Å². The Morgan fingerprint density at radius 1 is 0.875 bits per heavy atom. The van der Waals surface area contributed by atoms with Crippen LogP contribution in [-0.4, -0.2) is 0 Å². The summed E-state index contributed by atoms with van der Waals surface area (Å²) in [5.74, 6) is 4.77. The molecule has 1 rings (SSSR count). The number of hydrogen-bond acceptors (Lipinski definition) is 0. The Kier molecular flexibility index (Phi) is 8.14. The van der Waals surface area contributed by atoms with Crippen LogP contribution in [0.1, 0.15) is 74.1 Å². The molecule has 0 aromatic carbocycles. The van der Waals surface area contributed by atoms with E-state index in [9.17, 15) is 0 Å². The Labute approximate surface area is 104 Å². The van der Waals surface area contributed by atoms with Crippen molar-refractivity contribution in [2.24, 2.45) is 29.6 Å². The molecule has 0 saturated heterocycles. The molecule has 0 aromatic rings. The minimum Gasteiger partial charge on any atom is -0.0656 e. The minimum absolute atomic E-state index is 0.882. The van der Waals surface area contributed by atoms with Crippen LogP contribution in [0, 0.1) is 29.6 Å². The molecule has 1 saturated carbocycles. The summed E-state index contributed by atoms with van der Waals surface area (Å²) in [5, 5.41) is 0. The van der Waals surface area contributed by atoms with E-state index in [1.165, 1.54) is 25.7 Å². The van der Waals surface area contributed by atoms with Gasteiger partial charge in [-0.2, -0.15) is 0 Å². The van der Waals surface area contributed by atoms with Gasteiger partial charge < -0.3 is 0 Å². The summed E-state index contributed by atoms with van der Waals surface area (Å²) in [6.45, 7) is 16.3. The zero-order valence-corrected chi connectivity index (χ0v) is 12.7. The predicted octanol–water partition coefficient (Wildman–Crippen LogP) is 5.77. The van der Waals surface area contributed by atoms with Crippen molar-refractivity contribution in [1.29, 1.82) is 0 Å². The molecule has 16 heavy (non-hydrogen) atoms. The second-order valence-corrected chi connectivity index (χ2v) is 6.50. The standard InChI is InChI=1S/C13H26.C3H8/c1-9(2)6-13-8-11(4)10(3)7-12(13)5;1-3-2/h9-13H,6-8H2,1-5H3;3H2,1-2H3. The molecule has 1 aliphatic carbocycles. The van der Waals surface area contributed by atoms with Crippen molar-refractivity contribution in [2.75, 3.05) is 0 Å². The average molecular weight is 226 g/mol. The van der Waals surface area contributed by atoms with Crippen molar-refractivity contribution in [2.45, 2.75) is 74.1 Å². The van der Waals surface area contributed by atoms with E-state index in [1.807, 2.05) is 0 Å². The van der Waals surface area contributed by atoms with Gasteiger partial charge in [0.2, 0.25) is 0 Å². The lowest BCUT2D eigenvalue weighted by Crippen LogP contribution is -2.28. The van der Waals surface area contributed by atoms with E-state index in [2.05, 4.69) is 48.5 Å². The van der Waals surface area contributed by atoms with Gasteiger partial charge in [-0.1, -0.05) is 54.9 Å². The van der Waals surface area contributed by atoms with Gasteiger partial charge in [-0.25, -0.2) is 0 Å². The summed E-state index contributed by atoms with van der Waals surface area (Å²) in [4.78, 5) is 0. The fourth-order valence-corrected chi connectivity index (χ4v) is 2.89. The summed E-state index contributed by atoms with van der Waals surface area (Å²) in [5.41, 5.74) is 0. The summed E-state index contributed by atoms with van der Waals surface area (Å²) < 4.78 is 0. The van der Waals surface area contributed by atoms with Crippen molar-refractivity contribution in [1.82, 2.24) is 0 Å². The molecule has 0 amide bonds. The Hall–Kier alpha value is 0. The maximum absolute atomic E-state index is 2.45. The Morgan fingerprint density at radius 3 is 1.75 bits per heavy atom. The minimum atomic E-state index is 0.882. The third-order valence-corrected chi connectivity index (χ3v) is 3.97. The van der Waals surface area contributed by atoms with E-state index in [1.54, 1.807) is 0 Å². The van der Waals surface area contributed by atoms with Crippen LogP contribution in [0.15, 0.2) is 0 Å². The summed E-state index contributed by atoms with van der Waals surface area (Å²) in [6.07, 6.45) is 5.62. The van der Waals surface area contributed by atoms with Crippen LogP contribution in [0.3, 0.4) is 0 Å². The molecule has 0 aliphatic heterocycles.